The van der Waals surface area contributed by atoms with Crippen molar-refractivity contribution in [3.05, 3.63) is 0 Å². The van der Waals surface area contributed by atoms with Gasteiger partial charge in [0.25, 0.3) is 0 Å². The molecule has 1 saturated heterocycles. The fraction of sp³-hybridized carbons (Fsp3) is 0.867. The van der Waals surface area contributed by atoms with Crippen LogP contribution in [-0.4, -0.2) is 36.6 Å². The summed E-state index contributed by atoms with van der Waals surface area (Å²) in [4.78, 5) is 23.2. The van der Waals surface area contributed by atoms with Gasteiger partial charge in [-0.15, -0.1) is 0 Å². The maximum Gasteiger partial charge on any atom is 0.303 e. The summed E-state index contributed by atoms with van der Waals surface area (Å²) in [7, 11) is 0. The summed E-state index contributed by atoms with van der Waals surface area (Å²) in [6.07, 6.45) is 2.63. The molecular formula is C15H28N2O3. The number of carboxylic acids is 1. The predicted molar refractivity (Wildman–Crippen MR) is 78.4 cm³/mol. The summed E-state index contributed by atoms with van der Waals surface area (Å²) in [5.74, 6) is -0.274. The van der Waals surface area contributed by atoms with Gasteiger partial charge in [-0.2, -0.15) is 0 Å². The first-order chi connectivity index (χ1) is 9.33. The number of carbonyl (C=O) groups is 2. The van der Waals surface area contributed by atoms with Crippen LogP contribution >= 0.6 is 0 Å². The van der Waals surface area contributed by atoms with Crippen molar-refractivity contribution in [2.24, 2.45) is 17.3 Å². The van der Waals surface area contributed by atoms with E-state index in [1.54, 1.807) is 0 Å². The maximum absolute atomic E-state index is 12.3. The second-order valence-electron chi connectivity index (χ2n) is 6.61. The van der Waals surface area contributed by atoms with E-state index in [1.807, 2.05) is 6.92 Å². The number of rotatable bonds is 7. The molecule has 20 heavy (non-hydrogen) atoms. The summed E-state index contributed by atoms with van der Waals surface area (Å²) >= 11 is 0. The van der Waals surface area contributed by atoms with Gasteiger partial charge in [0.05, 0.1) is 0 Å². The smallest absolute Gasteiger partial charge is 0.303 e. The molecule has 1 heterocycles. The first-order valence-corrected chi connectivity index (χ1v) is 7.54. The van der Waals surface area contributed by atoms with Gasteiger partial charge < -0.3 is 15.7 Å². The minimum Gasteiger partial charge on any atom is -0.481 e. The highest BCUT2D eigenvalue weighted by atomic mass is 16.4. The Morgan fingerprint density at radius 1 is 1.30 bits per heavy atom. The van der Waals surface area contributed by atoms with E-state index in [9.17, 15) is 9.59 Å². The highest BCUT2D eigenvalue weighted by Crippen LogP contribution is 2.28. The zero-order valence-electron chi connectivity index (χ0n) is 12.9. The summed E-state index contributed by atoms with van der Waals surface area (Å²) < 4.78 is 0. The van der Waals surface area contributed by atoms with Crippen molar-refractivity contribution in [3.63, 3.8) is 0 Å². The second-order valence-corrected chi connectivity index (χ2v) is 6.61. The lowest BCUT2D eigenvalue weighted by Crippen LogP contribution is -2.47. The zero-order valence-corrected chi connectivity index (χ0v) is 12.9. The van der Waals surface area contributed by atoms with Crippen molar-refractivity contribution in [1.82, 2.24) is 10.6 Å². The standard InChI is InChI=1S/C15H28N2O3/c1-11(2)8-12(9-13(18)19)10-17-14(20)15(3)4-6-16-7-5-15/h11-12,16H,4-10H2,1-3H3,(H,17,20)(H,18,19)/t12-/m0/s1. The Balaban J connectivity index is 2.48. The molecule has 1 aliphatic heterocycles. The monoisotopic (exact) mass is 284 g/mol. The number of nitrogens with one attached hydrogen (secondary N) is 2. The summed E-state index contributed by atoms with van der Waals surface area (Å²) in [5.41, 5.74) is -0.309. The molecule has 0 saturated carbocycles. The Labute approximate surface area is 121 Å². The minimum absolute atomic E-state index is 0.0155. The van der Waals surface area contributed by atoms with Crippen LogP contribution in [0, 0.1) is 17.3 Å². The Morgan fingerprint density at radius 2 is 1.90 bits per heavy atom. The Bertz CT molecular complexity index is 336. The quantitative estimate of drug-likeness (QED) is 0.664. The second kappa shape index (κ2) is 7.62. The van der Waals surface area contributed by atoms with Crippen LogP contribution in [0.25, 0.3) is 0 Å². The molecule has 0 aromatic carbocycles. The largest absolute Gasteiger partial charge is 0.481 e. The molecule has 0 aromatic rings. The molecule has 0 bridgehead atoms. The molecule has 0 unspecified atom stereocenters. The minimum atomic E-state index is -0.794. The van der Waals surface area contributed by atoms with Gasteiger partial charge >= 0.3 is 5.97 Å². The third-order valence-corrected chi connectivity index (χ3v) is 4.07. The predicted octanol–water partition coefficient (Wildman–Crippen LogP) is 1.63. The molecule has 116 valence electrons. The molecule has 3 N–H and O–H groups in total. The van der Waals surface area contributed by atoms with E-state index >= 15 is 0 Å². The van der Waals surface area contributed by atoms with E-state index in [-0.39, 0.29) is 23.7 Å². The van der Waals surface area contributed by atoms with Gasteiger partial charge in [0.1, 0.15) is 0 Å². The van der Waals surface area contributed by atoms with E-state index in [0.29, 0.717) is 12.5 Å². The number of carbonyl (C=O) groups excluding carboxylic acids is 1. The average molecular weight is 284 g/mol. The number of hydrogen-bond acceptors (Lipinski definition) is 3. The van der Waals surface area contributed by atoms with Crippen molar-refractivity contribution in [2.75, 3.05) is 19.6 Å². The molecular weight excluding hydrogens is 256 g/mol. The number of amides is 1. The Kier molecular flexibility index (Phi) is 6.46. The van der Waals surface area contributed by atoms with Crippen LogP contribution in [-0.2, 0) is 9.59 Å². The average Bonchev–Trinajstić information content (AvgIpc) is 2.35. The molecule has 5 heteroatoms. The molecule has 5 nitrogen and oxygen atoms in total. The molecule has 0 aromatic heterocycles. The van der Waals surface area contributed by atoms with Crippen molar-refractivity contribution < 1.29 is 14.7 Å². The van der Waals surface area contributed by atoms with E-state index in [4.69, 9.17) is 5.11 Å². The van der Waals surface area contributed by atoms with E-state index in [1.165, 1.54) is 0 Å². The lowest BCUT2D eigenvalue weighted by Gasteiger charge is -2.33. The molecule has 0 aliphatic carbocycles. The summed E-state index contributed by atoms with van der Waals surface area (Å²) in [5, 5.41) is 15.2. The number of hydrogen-bond donors (Lipinski definition) is 3. The molecule has 1 fully saturated rings. The normalized spacial score (nSPS) is 19.6. The zero-order chi connectivity index (χ0) is 15.2. The Hall–Kier alpha value is -1.10. The molecule has 1 aliphatic rings. The van der Waals surface area contributed by atoms with Gasteiger partial charge in [0.2, 0.25) is 5.91 Å². The van der Waals surface area contributed by atoms with Crippen LogP contribution in [0.4, 0.5) is 0 Å². The molecule has 0 spiro atoms. The maximum atomic E-state index is 12.3. The van der Waals surface area contributed by atoms with E-state index in [0.717, 1.165) is 32.4 Å². The highest BCUT2D eigenvalue weighted by molar-refractivity contribution is 5.82. The van der Waals surface area contributed by atoms with Gasteiger partial charge in [-0.3, -0.25) is 9.59 Å². The SMILES string of the molecule is CC(C)C[C@H](CNC(=O)C1(C)CCNCC1)CC(=O)O. The van der Waals surface area contributed by atoms with Crippen LogP contribution in [0.15, 0.2) is 0 Å². The van der Waals surface area contributed by atoms with Gasteiger partial charge in [0.15, 0.2) is 0 Å². The number of aliphatic carboxylic acids is 1. The van der Waals surface area contributed by atoms with Crippen molar-refractivity contribution >= 4 is 11.9 Å². The van der Waals surface area contributed by atoms with Crippen LogP contribution in [0.1, 0.15) is 46.5 Å². The Morgan fingerprint density at radius 3 is 2.40 bits per heavy atom. The lowest BCUT2D eigenvalue weighted by atomic mass is 9.80. The van der Waals surface area contributed by atoms with Gasteiger partial charge in [-0.1, -0.05) is 20.8 Å². The topological polar surface area (TPSA) is 78.4 Å². The molecule has 1 atom stereocenters. The van der Waals surface area contributed by atoms with Crippen LogP contribution in [0.5, 0.6) is 0 Å². The lowest BCUT2D eigenvalue weighted by molar-refractivity contribution is -0.139. The van der Waals surface area contributed by atoms with Crippen molar-refractivity contribution in [1.29, 1.82) is 0 Å². The van der Waals surface area contributed by atoms with Crippen LogP contribution in [0.3, 0.4) is 0 Å². The third kappa shape index (κ3) is 5.49. The molecule has 1 rings (SSSR count). The third-order valence-electron chi connectivity index (χ3n) is 4.07. The summed E-state index contributed by atoms with van der Waals surface area (Å²) in [6.45, 7) is 8.35. The van der Waals surface area contributed by atoms with E-state index in [2.05, 4.69) is 24.5 Å². The summed E-state index contributed by atoms with van der Waals surface area (Å²) in [6, 6.07) is 0. The van der Waals surface area contributed by atoms with Gasteiger partial charge in [0, 0.05) is 18.4 Å². The van der Waals surface area contributed by atoms with Crippen molar-refractivity contribution in [2.45, 2.75) is 46.5 Å². The molecule has 1 amide bonds. The van der Waals surface area contributed by atoms with Crippen molar-refractivity contribution in [3.8, 4) is 0 Å². The van der Waals surface area contributed by atoms with Gasteiger partial charge in [-0.25, -0.2) is 0 Å². The first-order valence-electron chi connectivity index (χ1n) is 7.54. The van der Waals surface area contributed by atoms with Crippen LogP contribution < -0.4 is 10.6 Å². The fourth-order valence-corrected chi connectivity index (χ4v) is 2.81. The highest BCUT2D eigenvalue weighted by Gasteiger charge is 2.34. The number of carboxylic acid groups (broad SMARTS) is 1. The van der Waals surface area contributed by atoms with E-state index < -0.39 is 5.97 Å². The number of piperidine rings is 1. The first kappa shape index (κ1) is 17.0. The molecule has 0 radical (unpaired) electrons. The fourth-order valence-electron chi connectivity index (χ4n) is 2.81. The van der Waals surface area contributed by atoms with Gasteiger partial charge in [-0.05, 0) is 44.2 Å². The van der Waals surface area contributed by atoms with Crippen LogP contribution in [0.2, 0.25) is 0 Å².